The maximum Gasteiger partial charge on any atom is 0.256 e. The van der Waals surface area contributed by atoms with Gasteiger partial charge in [-0.3, -0.25) is 4.79 Å². The Labute approximate surface area is 178 Å². The third-order valence-corrected chi connectivity index (χ3v) is 6.07. The van der Waals surface area contributed by atoms with Gasteiger partial charge in [0.05, 0.1) is 42.1 Å². The van der Waals surface area contributed by atoms with Crippen LogP contribution in [0.2, 0.25) is 20.1 Å². The number of hydrogen-bond acceptors (Lipinski definition) is 2. The van der Waals surface area contributed by atoms with Crippen LogP contribution in [-0.4, -0.2) is 15.0 Å². The lowest BCUT2D eigenvalue weighted by atomic mass is 10.0. The first kappa shape index (κ1) is 17.8. The summed E-state index contributed by atoms with van der Waals surface area (Å²) in [7, 11) is 0. The average Bonchev–Trinajstić information content (AvgIpc) is 3.08. The zero-order valence-electron chi connectivity index (χ0n) is 13.9. The van der Waals surface area contributed by atoms with Crippen LogP contribution in [0.3, 0.4) is 0 Å². The van der Waals surface area contributed by atoms with Crippen molar-refractivity contribution in [1.29, 1.82) is 0 Å². The van der Waals surface area contributed by atoms with Gasteiger partial charge in [0.2, 0.25) is 0 Å². The molecule has 2 N–H and O–H groups in total. The van der Waals surface area contributed by atoms with Crippen LogP contribution < -0.4 is 5.56 Å². The number of H-pyrrole nitrogens is 2. The Hall–Kier alpha value is -2.24. The number of halogens is 4. The minimum atomic E-state index is -0.227. The number of aromatic nitrogens is 3. The number of nitrogens with one attached hydrogen (secondary N) is 2. The van der Waals surface area contributed by atoms with E-state index in [9.17, 15) is 4.79 Å². The molecule has 5 aromatic rings. The van der Waals surface area contributed by atoms with Crippen LogP contribution >= 0.6 is 46.4 Å². The van der Waals surface area contributed by atoms with Crippen LogP contribution in [0.5, 0.6) is 0 Å². The Kier molecular flexibility index (Phi) is 4.07. The van der Waals surface area contributed by atoms with Gasteiger partial charge in [-0.1, -0.05) is 52.5 Å². The number of pyridine rings is 1. The lowest BCUT2D eigenvalue weighted by Gasteiger charge is -2.07. The van der Waals surface area contributed by atoms with Crippen LogP contribution in [0.25, 0.3) is 44.0 Å². The Bertz CT molecular complexity index is 1470. The van der Waals surface area contributed by atoms with E-state index in [1.165, 1.54) is 0 Å². The van der Waals surface area contributed by atoms with Gasteiger partial charge in [-0.05, 0) is 35.7 Å². The lowest BCUT2D eigenvalue weighted by Crippen LogP contribution is -2.05. The molecule has 0 aliphatic rings. The molecule has 0 unspecified atom stereocenters. The number of aromatic amines is 2. The quantitative estimate of drug-likeness (QED) is 0.276. The first-order valence-electron chi connectivity index (χ1n) is 8.22. The maximum absolute atomic E-state index is 12.6. The molecule has 0 saturated heterocycles. The average molecular weight is 449 g/mol. The number of imidazole rings is 1. The molecule has 5 rings (SSSR count). The second kappa shape index (κ2) is 6.39. The fourth-order valence-electron chi connectivity index (χ4n) is 3.51. The van der Waals surface area contributed by atoms with Crippen LogP contribution in [0, 0.1) is 0 Å². The molecule has 0 atom stereocenters. The zero-order valence-corrected chi connectivity index (χ0v) is 16.9. The van der Waals surface area contributed by atoms with E-state index in [0.29, 0.717) is 64.1 Å². The van der Waals surface area contributed by atoms with Crippen molar-refractivity contribution in [2.45, 2.75) is 0 Å². The molecule has 28 heavy (non-hydrogen) atoms. The van der Waals surface area contributed by atoms with Gasteiger partial charge in [0.15, 0.2) is 0 Å². The first-order valence-corrected chi connectivity index (χ1v) is 9.73. The van der Waals surface area contributed by atoms with Crippen molar-refractivity contribution in [2.75, 3.05) is 0 Å². The Balaban J connectivity index is 2.03. The zero-order chi connectivity index (χ0) is 19.6. The number of fused-ring (bicyclic) bond motifs is 6. The van der Waals surface area contributed by atoms with Gasteiger partial charge in [0.25, 0.3) is 5.56 Å². The Morgan fingerprint density at radius 1 is 0.821 bits per heavy atom. The van der Waals surface area contributed by atoms with E-state index in [0.717, 1.165) is 0 Å². The summed E-state index contributed by atoms with van der Waals surface area (Å²) in [6, 6.07) is 10.5. The van der Waals surface area contributed by atoms with Crippen molar-refractivity contribution in [2.24, 2.45) is 0 Å². The van der Waals surface area contributed by atoms with Crippen molar-refractivity contribution in [3.05, 3.63) is 73.0 Å². The van der Waals surface area contributed by atoms with Crippen LogP contribution in [0.4, 0.5) is 0 Å². The molecular weight excluding hydrogens is 440 g/mol. The molecule has 2 aromatic heterocycles. The highest BCUT2D eigenvalue weighted by Gasteiger charge is 2.19. The van der Waals surface area contributed by atoms with E-state index < -0.39 is 0 Å². The minimum absolute atomic E-state index is 0.227. The number of nitrogens with zero attached hydrogens (tertiary/aromatic N) is 1. The summed E-state index contributed by atoms with van der Waals surface area (Å²) in [5.74, 6) is 0.505. The van der Waals surface area contributed by atoms with Crippen molar-refractivity contribution < 1.29 is 0 Å². The van der Waals surface area contributed by atoms with Gasteiger partial charge in [-0.25, -0.2) is 4.98 Å². The standard InChI is InChI=1S/C20H9Cl4N3O/c21-11-2-1-3-12(22)16(11)19-26-17-8-4-5-25-20(28)15(8)9-6-13(23)14(24)7-10(9)18(17)27-19/h1-7H,(H,25,28)(H,26,27). The van der Waals surface area contributed by atoms with Gasteiger partial charge in [0.1, 0.15) is 5.82 Å². The topological polar surface area (TPSA) is 61.5 Å². The van der Waals surface area contributed by atoms with E-state index in [1.54, 1.807) is 36.5 Å². The van der Waals surface area contributed by atoms with E-state index >= 15 is 0 Å². The van der Waals surface area contributed by atoms with Crippen molar-refractivity contribution in [3.8, 4) is 11.4 Å². The van der Waals surface area contributed by atoms with Crippen molar-refractivity contribution in [3.63, 3.8) is 0 Å². The number of rotatable bonds is 1. The van der Waals surface area contributed by atoms with Gasteiger partial charge in [0, 0.05) is 17.0 Å². The molecule has 4 nitrogen and oxygen atoms in total. The Morgan fingerprint density at radius 3 is 2.21 bits per heavy atom. The summed E-state index contributed by atoms with van der Waals surface area (Å²) in [5.41, 5.74) is 1.71. The largest absolute Gasteiger partial charge is 0.337 e. The molecule has 2 heterocycles. The van der Waals surface area contributed by atoms with E-state index in [1.807, 2.05) is 6.07 Å². The molecule has 0 radical (unpaired) electrons. The summed E-state index contributed by atoms with van der Waals surface area (Å²) in [6.07, 6.45) is 1.59. The fourth-order valence-corrected chi connectivity index (χ4v) is 4.41. The SMILES string of the molecule is O=c1[nH]ccc2c3[nH]c(-c4c(Cl)cccc4Cl)nc3c3cc(Cl)c(Cl)cc3c12. The summed E-state index contributed by atoms with van der Waals surface area (Å²) in [6.45, 7) is 0. The molecule has 0 bridgehead atoms. The van der Waals surface area contributed by atoms with Crippen molar-refractivity contribution in [1.82, 2.24) is 15.0 Å². The predicted molar refractivity (Wildman–Crippen MR) is 117 cm³/mol. The van der Waals surface area contributed by atoms with Crippen LogP contribution in [0.1, 0.15) is 0 Å². The molecule has 0 fully saturated rings. The fraction of sp³-hybridized carbons (Fsp3) is 0. The lowest BCUT2D eigenvalue weighted by molar-refractivity contribution is 1.28. The third-order valence-electron chi connectivity index (χ3n) is 4.72. The molecule has 8 heteroatoms. The summed E-state index contributed by atoms with van der Waals surface area (Å²) in [5, 5.41) is 4.28. The predicted octanol–water partition coefficient (Wildman–Crippen LogP) is 6.84. The summed E-state index contributed by atoms with van der Waals surface area (Å²) in [4.78, 5) is 23.3. The first-order chi connectivity index (χ1) is 13.5. The normalized spacial score (nSPS) is 11.7. The summed E-state index contributed by atoms with van der Waals surface area (Å²) < 4.78 is 0. The third kappa shape index (κ3) is 2.53. The van der Waals surface area contributed by atoms with Gasteiger partial charge in [-0.2, -0.15) is 0 Å². The second-order valence-electron chi connectivity index (χ2n) is 6.31. The van der Waals surface area contributed by atoms with Crippen LogP contribution in [-0.2, 0) is 0 Å². The second-order valence-corrected chi connectivity index (χ2v) is 7.94. The molecule has 0 spiro atoms. The highest BCUT2D eigenvalue weighted by molar-refractivity contribution is 6.44. The highest BCUT2D eigenvalue weighted by atomic mass is 35.5. The van der Waals surface area contributed by atoms with Gasteiger partial charge in [-0.15, -0.1) is 0 Å². The Morgan fingerprint density at radius 2 is 1.50 bits per heavy atom. The molecule has 0 aliphatic heterocycles. The number of benzene rings is 3. The highest BCUT2D eigenvalue weighted by Crippen LogP contribution is 2.39. The summed E-state index contributed by atoms with van der Waals surface area (Å²) >= 11 is 25.2. The number of hydrogen-bond donors (Lipinski definition) is 2. The minimum Gasteiger partial charge on any atom is -0.337 e. The molecule has 0 saturated carbocycles. The molecule has 3 aromatic carbocycles. The van der Waals surface area contributed by atoms with Crippen LogP contribution in [0.15, 0.2) is 47.4 Å². The van der Waals surface area contributed by atoms with E-state index in [-0.39, 0.29) is 5.56 Å². The van der Waals surface area contributed by atoms with E-state index in [4.69, 9.17) is 51.4 Å². The van der Waals surface area contributed by atoms with E-state index in [2.05, 4.69) is 9.97 Å². The monoisotopic (exact) mass is 447 g/mol. The molecule has 138 valence electrons. The van der Waals surface area contributed by atoms with Gasteiger partial charge < -0.3 is 9.97 Å². The smallest absolute Gasteiger partial charge is 0.256 e. The maximum atomic E-state index is 12.6. The molecule has 0 amide bonds. The molecular formula is C20H9Cl4N3O. The van der Waals surface area contributed by atoms with Crippen molar-refractivity contribution >= 4 is 79.0 Å². The molecule has 0 aliphatic carbocycles. The van der Waals surface area contributed by atoms with Gasteiger partial charge >= 0.3 is 0 Å².